The van der Waals surface area contributed by atoms with E-state index >= 15 is 0 Å². The summed E-state index contributed by atoms with van der Waals surface area (Å²) < 4.78 is 68.3. The van der Waals surface area contributed by atoms with Gasteiger partial charge in [-0.15, -0.1) is 0 Å². The lowest BCUT2D eigenvalue weighted by atomic mass is 9.90. The third-order valence-electron chi connectivity index (χ3n) is 3.70. The van der Waals surface area contributed by atoms with E-state index in [-0.39, 0.29) is 0 Å². The molecule has 0 spiro atoms. The zero-order valence-corrected chi connectivity index (χ0v) is 11.4. The SMILES string of the molecule is CN1C=Cc2ccccc2C1c1c(F)c(F)c(F)c(F)c1F. The van der Waals surface area contributed by atoms with E-state index in [1.807, 2.05) is 0 Å². The Morgan fingerprint density at radius 2 is 1.36 bits per heavy atom. The molecule has 2 aromatic rings. The third-order valence-corrected chi connectivity index (χ3v) is 3.70. The fourth-order valence-corrected chi connectivity index (χ4v) is 2.64. The van der Waals surface area contributed by atoms with Gasteiger partial charge in [0.1, 0.15) is 0 Å². The molecule has 0 saturated carbocycles. The molecule has 0 fully saturated rings. The van der Waals surface area contributed by atoms with Crippen LogP contribution in [0.15, 0.2) is 30.5 Å². The molecule has 1 atom stereocenters. The van der Waals surface area contributed by atoms with Crippen LogP contribution < -0.4 is 0 Å². The first-order valence-corrected chi connectivity index (χ1v) is 6.44. The number of fused-ring (bicyclic) bond motifs is 1. The number of hydrogen-bond acceptors (Lipinski definition) is 1. The maximum Gasteiger partial charge on any atom is 0.200 e. The average molecular weight is 311 g/mol. The molecule has 6 heteroatoms. The summed E-state index contributed by atoms with van der Waals surface area (Å²) in [6, 6.07) is 5.58. The lowest BCUT2D eigenvalue weighted by Crippen LogP contribution is -2.27. The van der Waals surface area contributed by atoms with Gasteiger partial charge in [0.05, 0.1) is 11.6 Å². The maximum absolute atomic E-state index is 14.1. The van der Waals surface area contributed by atoms with E-state index in [1.54, 1.807) is 30.3 Å². The first-order chi connectivity index (χ1) is 10.4. The van der Waals surface area contributed by atoms with Crippen LogP contribution in [0.3, 0.4) is 0 Å². The molecular formula is C16H10F5N. The number of benzene rings is 2. The molecule has 2 aromatic carbocycles. The van der Waals surface area contributed by atoms with Gasteiger partial charge in [0.2, 0.25) is 5.82 Å². The van der Waals surface area contributed by atoms with Crippen LogP contribution in [0.4, 0.5) is 22.0 Å². The highest BCUT2D eigenvalue weighted by molar-refractivity contribution is 5.59. The van der Waals surface area contributed by atoms with Crippen molar-refractivity contribution in [1.29, 1.82) is 0 Å². The third kappa shape index (κ3) is 1.98. The summed E-state index contributed by atoms with van der Waals surface area (Å²) in [7, 11) is 1.51. The van der Waals surface area contributed by atoms with Gasteiger partial charge in [0.15, 0.2) is 23.3 Å². The van der Waals surface area contributed by atoms with Crippen molar-refractivity contribution in [3.63, 3.8) is 0 Å². The molecule has 1 unspecified atom stereocenters. The van der Waals surface area contributed by atoms with Crippen molar-refractivity contribution in [3.8, 4) is 0 Å². The van der Waals surface area contributed by atoms with Crippen molar-refractivity contribution in [1.82, 2.24) is 4.90 Å². The summed E-state index contributed by atoms with van der Waals surface area (Å²) in [5, 5.41) is 0. The molecule has 3 rings (SSSR count). The lowest BCUT2D eigenvalue weighted by molar-refractivity contribution is 0.322. The second kappa shape index (κ2) is 5.12. The van der Waals surface area contributed by atoms with E-state index in [1.165, 1.54) is 18.1 Å². The number of hydrogen-bond donors (Lipinski definition) is 0. The highest BCUT2D eigenvalue weighted by Crippen LogP contribution is 2.38. The molecule has 1 nitrogen and oxygen atoms in total. The van der Waals surface area contributed by atoms with Crippen LogP contribution in [0.1, 0.15) is 22.7 Å². The van der Waals surface area contributed by atoms with Crippen LogP contribution in [0.2, 0.25) is 0 Å². The predicted molar refractivity (Wildman–Crippen MR) is 71.3 cm³/mol. The Balaban J connectivity index is 2.30. The van der Waals surface area contributed by atoms with Crippen molar-refractivity contribution >= 4 is 6.08 Å². The van der Waals surface area contributed by atoms with Gasteiger partial charge >= 0.3 is 0 Å². The fourth-order valence-electron chi connectivity index (χ4n) is 2.64. The van der Waals surface area contributed by atoms with E-state index in [0.717, 1.165) is 0 Å². The normalized spacial score (nSPS) is 16.8. The molecule has 0 N–H and O–H groups in total. The summed E-state index contributed by atoms with van der Waals surface area (Å²) in [4.78, 5) is 1.40. The summed E-state index contributed by atoms with van der Waals surface area (Å²) in [5.74, 6) is -9.64. The Bertz CT molecular complexity index is 755. The van der Waals surface area contributed by atoms with Gasteiger partial charge in [0.25, 0.3) is 0 Å². The Labute approximate surface area is 123 Å². The van der Waals surface area contributed by atoms with Crippen molar-refractivity contribution in [2.24, 2.45) is 0 Å². The smallest absolute Gasteiger partial charge is 0.200 e. The van der Waals surface area contributed by atoms with Gasteiger partial charge in [-0.1, -0.05) is 24.3 Å². The van der Waals surface area contributed by atoms with E-state index in [0.29, 0.717) is 11.1 Å². The Kier molecular flexibility index (Phi) is 3.39. The largest absolute Gasteiger partial charge is 0.369 e. The highest BCUT2D eigenvalue weighted by atomic mass is 19.2. The quantitative estimate of drug-likeness (QED) is 0.429. The van der Waals surface area contributed by atoms with Crippen LogP contribution in [-0.2, 0) is 0 Å². The van der Waals surface area contributed by atoms with Gasteiger partial charge in [-0.05, 0) is 17.2 Å². The van der Waals surface area contributed by atoms with Gasteiger partial charge in [0, 0.05) is 13.2 Å². The Morgan fingerprint density at radius 1 is 0.818 bits per heavy atom. The minimum absolute atomic E-state index is 0.468. The minimum Gasteiger partial charge on any atom is -0.369 e. The van der Waals surface area contributed by atoms with Crippen molar-refractivity contribution in [3.05, 3.63) is 76.2 Å². The van der Waals surface area contributed by atoms with Gasteiger partial charge in [-0.25, -0.2) is 22.0 Å². The number of halogens is 5. The molecule has 0 saturated heterocycles. The topological polar surface area (TPSA) is 3.24 Å². The fraction of sp³-hybridized carbons (Fsp3) is 0.125. The van der Waals surface area contributed by atoms with Crippen LogP contribution in [-0.4, -0.2) is 11.9 Å². The standard InChI is InChI=1S/C16H10F5N/c1-22-7-6-8-4-2-3-5-9(8)16(22)10-11(17)13(19)15(21)14(20)12(10)18/h2-7,16H,1H3. The molecule has 0 aromatic heterocycles. The van der Waals surface area contributed by atoms with Crippen molar-refractivity contribution < 1.29 is 22.0 Å². The molecule has 1 heterocycles. The summed E-state index contributed by atoms with van der Waals surface area (Å²) in [6.07, 6.45) is 3.24. The summed E-state index contributed by atoms with van der Waals surface area (Å²) in [6.45, 7) is 0. The Hall–Kier alpha value is -2.37. The first-order valence-electron chi connectivity index (χ1n) is 6.44. The molecule has 22 heavy (non-hydrogen) atoms. The number of nitrogens with zero attached hydrogens (tertiary/aromatic N) is 1. The number of rotatable bonds is 1. The molecule has 0 aliphatic carbocycles. The van der Waals surface area contributed by atoms with Crippen LogP contribution in [0.25, 0.3) is 6.08 Å². The highest BCUT2D eigenvalue weighted by Gasteiger charge is 2.34. The average Bonchev–Trinajstić information content (AvgIpc) is 2.53. The van der Waals surface area contributed by atoms with Crippen LogP contribution in [0, 0.1) is 29.1 Å². The predicted octanol–water partition coefficient (Wildman–Crippen LogP) is 4.39. The Morgan fingerprint density at radius 3 is 2.00 bits per heavy atom. The molecule has 1 aliphatic rings. The van der Waals surface area contributed by atoms with Crippen molar-refractivity contribution in [2.45, 2.75) is 6.04 Å². The molecule has 1 aliphatic heterocycles. The monoisotopic (exact) mass is 311 g/mol. The zero-order valence-electron chi connectivity index (χ0n) is 11.4. The second-order valence-electron chi connectivity index (χ2n) is 5.00. The first kappa shape index (κ1) is 14.6. The van der Waals surface area contributed by atoms with Gasteiger partial charge < -0.3 is 4.90 Å². The summed E-state index contributed by atoms with van der Waals surface area (Å²) >= 11 is 0. The van der Waals surface area contributed by atoms with Gasteiger partial charge in [-0.2, -0.15) is 0 Å². The van der Waals surface area contributed by atoms with E-state index in [9.17, 15) is 22.0 Å². The lowest BCUT2D eigenvalue weighted by Gasteiger charge is -2.32. The molecular weight excluding hydrogens is 301 g/mol. The summed E-state index contributed by atoms with van der Waals surface area (Å²) in [5.41, 5.74) is 0.279. The van der Waals surface area contributed by atoms with Crippen molar-refractivity contribution in [2.75, 3.05) is 7.05 Å². The van der Waals surface area contributed by atoms with Crippen LogP contribution >= 0.6 is 0 Å². The van der Waals surface area contributed by atoms with E-state index in [4.69, 9.17) is 0 Å². The second-order valence-corrected chi connectivity index (χ2v) is 5.00. The molecule has 114 valence electrons. The maximum atomic E-state index is 14.1. The molecule has 0 bridgehead atoms. The minimum atomic E-state index is -2.15. The molecule has 0 amide bonds. The zero-order chi connectivity index (χ0) is 16.0. The van der Waals surface area contributed by atoms with Crippen LogP contribution in [0.5, 0.6) is 0 Å². The van der Waals surface area contributed by atoms with Gasteiger partial charge in [-0.3, -0.25) is 0 Å². The van der Waals surface area contributed by atoms with E-state index in [2.05, 4.69) is 0 Å². The molecule has 0 radical (unpaired) electrons. The van der Waals surface area contributed by atoms with E-state index < -0.39 is 40.7 Å².